The summed E-state index contributed by atoms with van der Waals surface area (Å²) in [5.74, 6) is -0.0733. The van der Waals surface area contributed by atoms with Crippen molar-refractivity contribution in [3.8, 4) is 16.8 Å². The zero-order chi connectivity index (χ0) is 20.1. The lowest BCUT2D eigenvalue weighted by Gasteiger charge is -2.14. The Morgan fingerprint density at radius 1 is 1.25 bits per heavy atom. The predicted octanol–water partition coefficient (Wildman–Crippen LogP) is 3.64. The maximum Gasteiger partial charge on any atom is 0.254 e. The van der Waals surface area contributed by atoms with Crippen molar-refractivity contribution in [1.82, 2.24) is 9.78 Å². The molecule has 3 N–H and O–H groups in total. The second kappa shape index (κ2) is 8.22. The van der Waals surface area contributed by atoms with Gasteiger partial charge in [0.2, 0.25) is 0 Å². The Bertz CT molecular complexity index is 1020. The second-order valence-electron chi connectivity index (χ2n) is 5.95. The molecule has 0 unspecified atom stereocenters. The monoisotopic (exact) mass is 374 g/mol. The highest BCUT2D eigenvalue weighted by Gasteiger charge is 2.13. The van der Waals surface area contributed by atoms with Gasteiger partial charge in [0.05, 0.1) is 11.4 Å². The Hall–Kier alpha value is -3.87. The summed E-state index contributed by atoms with van der Waals surface area (Å²) in [4.78, 5) is 11.5. The number of anilines is 2. The molecular formula is C21H22N6O. The number of nitrogens with zero attached hydrogens (tertiary/aromatic N) is 4. The molecule has 1 amide bonds. The molecule has 7 nitrogen and oxygen atoms in total. The second-order valence-corrected chi connectivity index (χ2v) is 5.95. The molecule has 142 valence electrons. The van der Waals surface area contributed by atoms with Gasteiger partial charge in [0.1, 0.15) is 5.56 Å². The number of nitrogens with two attached hydrogens (primary N) is 1. The van der Waals surface area contributed by atoms with Crippen LogP contribution in [-0.2, 0) is 0 Å². The van der Waals surface area contributed by atoms with Gasteiger partial charge in [-0.2, -0.15) is 5.10 Å². The molecule has 3 rings (SSSR count). The minimum atomic E-state index is -0.523. The van der Waals surface area contributed by atoms with Crippen LogP contribution in [0.2, 0.25) is 0 Å². The first-order valence-electron chi connectivity index (χ1n) is 8.76. The largest absolute Gasteiger partial charge is 0.371 e. The fraction of sp³-hybridized carbons (Fsp3) is 0.0952. The van der Waals surface area contributed by atoms with E-state index in [4.69, 9.17) is 5.73 Å². The van der Waals surface area contributed by atoms with E-state index in [9.17, 15) is 4.79 Å². The van der Waals surface area contributed by atoms with E-state index in [1.165, 1.54) is 0 Å². The number of amides is 1. The Kier molecular flexibility index (Phi) is 5.55. The molecule has 0 radical (unpaired) electrons. The zero-order valence-electron chi connectivity index (χ0n) is 15.8. The van der Waals surface area contributed by atoms with Crippen LogP contribution < -0.4 is 16.1 Å². The molecule has 0 saturated carbocycles. The summed E-state index contributed by atoms with van der Waals surface area (Å²) in [6.45, 7) is 5.66. The zero-order valence-corrected chi connectivity index (χ0v) is 15.8. The third kappa shape index (κ3) is 3.78. The fourth-order valence-electron chi connectivity index (χ4n) is 2.85. The van der Waals surface area contributed by atoms with Crippen LogP contribution in [0.15, 0.2) is 72.6 Å². The highest BCUT2D eigenvalue weighted by atomic mass is 16.1. The smallest absolute Gasteiger partial charge is 0.254 e. The quantitative estimate of drug-likeness (QED) is 0.488. The van der Waals surface area contributed by atoms with Crippen molar-refractivity contribution in [2.45, 2.75) is 6.92 Å². The van der Waals surface area contributed by atoms with Crippen molar-refractivity contribution >= 4 is 23.6 Å². The molecule has 0 aliphatic rings. The summed E-state index contributed by atoms with van der Waals surface area (Å²) in [5.41, 5.74) is 9.60. The fourth-order valence-corrected chi connectivity index (χ4v) is 2.85. The normalized spacial score (nSPS) is 10.8. The van der Waals surface area contributed by atoms with Gasteiger partial charge in [-0.3, -0.25) is 4.79 Å². The maximum absolute atomic E-state index is 11.5. The van der Waals surface area contributed by atoms with Gasteiger partial charge in [0, 0.05) is 25.7 Å². The summed E-state index contributed by atoms with van der Waals surface area (Å²) in [6, 6.07) is 15.9. The van der Waals surface area contributed by atoms with E-state index in [1.807, 2.05) is 55.5 Å². The van der Waals surface area contributed by atoms with Crippen molar-refractivity contribution in [3.63, 3.8) is 0 Å². The van der Waals surface area contributed by atoms with E-state index in [0.717, 1.165) is 22.5 Å². The van der Waals surface area contributed by atoms with Gasteiger partial charge in [-0.15, -0.1) is 5.10 Å². The first-order chi connectivity index (χ1) is 13.6. The first-order valence-corrected chi connectivity index (χ1v) is 8.76. The number of carbonyl (C=O) groups excluding carboxylic acids is 1. The molecule has 0 aliphatic carbocycles. The van der Waals surface area contributed by atoms with Crippen LogP contribution in [0.5, 0.6) is 0 Å². The van der Waals surface area contributed by atoms with Gasteiger partial charge in [0.25, 0.3) is 5.91 Å². The number of hydrogen-bond donors (Lipinski definition) is 2. The van der Waals surface area contributed by atoms with E-state index in [-0.39, 0.29) is 0 Å². The number of nitrogens with one attached hydrogen (secondary N) is 1. The number of rotatable bonds is 7. The van der Waals surface area contributed by atoms with Crippen molar-refractivity contribution in [2.75, 3.05) is 17.4 Å². The van der Waals surface area contributed by atoms with Gasteiger partial charge in [0.15, 0.2) is 5.82 Å². The van der Waals surface area contributed by atoms with Crippen LogP contribution >= 0.6 is 0 Å². The molecule has 0 atom stereocenters. The van der Waals surface area contributed by atoms with E-state index < -0.39 is 5.91 Å². The molecule has 0 aliphatic heterocycles. The summed E-state index contributed by atoms with van der Waals surface area (Å²) >= 11 is 0. The lowest BCUT2D eigenvalue weighted by Crippen LogP contribution is -2.11. The molecule has 2 aromatic carbocycles. The highest BCUT2D eigenvalue weighted by Crippen LogP contribution is 2.26. The Labute approximate surface area is 163 Å². The molecule has 3 aromatic rings. The SMILES string of the molecule is C=CN(/N=C\C)c1cccc(-c2ccc(-n3cc(C(N)=O)c(NC)n3)cc2)c1. The molecule has 0 fully saturated rings. The molecule has 0 saturated heterocycles. The van der Waals surface area contributed by atoms with E-state index >= 15 is 0 Å². The van der Waals surface area contributed by atoms with Crippen molar-refractivity contribution in [1.29, 1.82) is 0 Å². The minimum absolute atomic E-state index is 0.347. The van der Waals surface area contributed by atoms with E-state index in [2.05, 4.69) is 22.1 Å². The predicted molar refractivity (Wildman–Crippen MR) is 114 cm³/mol. The van der Waals surface area contributed by atoms with Gasteiger partial charge in [-0.25, -0.2) is 9.69 Å². The van der Waals surface area contributed by atoms with Gasteiger partial charge in [-0.1, -0.05) is 30.8 Å². The maximum atomic E-state index is 11.5. The van der Waals surface area contributed by atoms with Crippen LogP contribution in [0.3, 0.4) is 0 Å². The van der Waals surface area contributed by atoms with Gasteiger partial charge in [-0.05, 0) is 42.3 Å². The number of hydrazone groups is 1. The Morgan fingerprint density at radius 2 is 2.00 bits per heavy atom. The molecule has 1 heterocycles. The summed E-state index contributed by atoms with van der Waals surface area (Å²) in [5, 5.41) is 13.2. The summed E-state index contributed by atoms with van der Waals surface area (Å²) in [6.07, 6.45) is 5.00. The minimum Gasteiger partial charge on any atom is -0.371 e. The van der Waals surface area contributed by atoms with Crippen molar-refractivity contribution in [3.05, 3.63) is 73.1 Å². The Balaban J connectivity index is 1.91. The first kappa shape index (κ1) is 18.9. The summed E-state index contributed by atoms with van der Waals surface area (Å²) in [7, 11) is 1.70. The average Bonchev–Trinajstić information content (AvgIpc) is 3.17. The molecule has 7 heteroatoms. The molecule has 0 spiro atoms. The van der Waals surface area contributed by atoms with Gasteiger partial charge < -0.3 is 11.1 Å². The van der Waals surface area contributed by atoms with Crippen LogP contribution in [-0.4, -0.2) is 28.9 Å². The number of hydrogen-bond acceptors (Lipinski definition) is 5. The molecule has 0 bridgehead atoms. The standard InChI is InChI=1S/C21H22N6O/c1-4-24-26(5-2)18-8-6-7-16(13-18)15-9-11-17(12-10-15)27-14-19(20(22)28)21(23-3)25-27/h4-14H,2H2,1,3H3,(H2,22,28)(H,23,25)/b24-4-. The lowest BCUT2D eigenvalue weighted by molar-refractivity contribution is 0.100. The van der Waals surface area contributed by atoms with Crippen LogP contribution in [0.1, 0.15) is 17.3 Å². The number of aromatic nitrogens is 2. The molecular weight excluding hydrogens is 352 g/mol. The molecule has 28 heavy (non-hydrogen) atoms. The van der Waals surface area contributed by atoms with Crippen molar-refractivity contribution in [2.24, 2.45) is 10.8 Å². The summed E-state index contributed by atoms with van der Waals surface area (Å²) < 4.78 is 1.63. The van der Waals surface area contributed by atoms with Crippen LogP contribution in [0.4, 0.5) is 11.5 Å². The van der Waals surface area contributed by atoms with Crippen LogP contribution in [0.25, 0.3) is 16.8 Å². The number of carbonyl (C=O) groups is 1. The topological polar surface area (TPSA) is 88.5 Å². The van der Waals surface area contributed by atoms with E-state index in [0.29, 0.717) is 11.4 Å². The lowest BCUT2D eigenvalue weighted by atomic mass is 10.0. The number of benzene rings is 2. The molecule has 1 aromatic heterocycles. The van der Waals surface area contributed by atoms with Crippen molar-refractivity contribution < 1.29 is 4.79 Å². The van der Waals surface area contributed by atoms with Gasteiger partial charge >= 0.3 is 0 Å². The van der Waals surface area contributed by atoms with Crippen LogP contribution in [0, 0.1) is 0 Å². The highest BCUT2D eigenvalue weighted by molar-refractivity contribution is 5.97. The number of primary amides is 1. The third-order valence-electron chi connectivity index (χ3n) is 4.21. The average molecular weight is 374 g/mol. The van der Waals surface area contributed by atoms with E-state index in [1.54, 1.807) is 35.3 Å². The third-order valence-corrected chi connectivity index (χ3v) is 4.21. The Morgan fingerprint density at radius 3 is 2.57 bits per heavy atom.